The number of Topliss-reactive ketones (excluding diaryl/α,β-unsaturated/α-hetero) is 1. The van der Waals surface area contributed by atoms with Crippen molar-refractivity contribution in [1.82, 2.24) is 9.80 Å². The van der Waals surface area contributed by atoms with Gasteiger partial charge in [0, 0.05) is 18.7 Å². The number of carbonyl (C=O) groups excluding carboxylic acids is 4. The fraction of sp³-hybridized carbons (Fsp3) is 0.385. The predicted octanol–water partition coefficient (Wildman–Crippen LogP) is 0.539. The Morgan fingerprint density at radius 2 is 1.79 bits per heavy atom. The van der Waals surface area contributed by atoms with Gasteiger partial charge in [0.15, 0.2) is 18.1 Å². The van der Waals surface area contributed by atoms with Gasteiger partial charge in [-0.15, -0.1) is 0 Å². The maximum absolute atomic E-state index is 12.0. The third kappa shape index (κ3) is 2.78. The lowest BCUT2D eigenvalue weighted by Gasteiger charge is -2.22. The first-order chi connectivity index (χ1) is 8.81. The summed E-state index contributed by atoms with van der Waals surface area (Å²) >= 11 is 0. The molecule has 1 heterocycles. The van der Waals surface area contributed by atoms with Gasteiger partial charge in [-0.05, 0) is 19.4 Å². The number of hydrogen-bond acceptors (Lipinski definition) is 4. The van der Waals surface area contributed by atoms with E-state index in [0.29, 0.717) is 6.29 Å². The van der Waals surface area contributed by atoms with Gasteiger partial charge in [-0.1, -0.05) is 13.2 Å². The van der Waals surface area contributed by atoms with E-state index in [1.807, 2.05) is 0 Å². The van der Waals surface area contributed by atoms with Crippen molar-refractivity contribution in [3.8, 4) is 0 Å². The summed E-state index contributed by atoms with van der Waals surface area (Å²) in [5.41, 5.74) is 0.415. The lowest BCUT2D eigenvalue weighted by atomic mass is 10.1. The second-order valence-electron chi connectivity index (χ2n) is 4.44. The quantitative estimate of drug-likeness (QED) is 0.412. The van der Waals surface area contributed by atoms with Crippen molar-refractivity contribution >= 4 is 24.0 Å². The van der Waals surface area contributed by atoms with Crippen LogP contribution in [0.5, 0.6) is 0 Å². The van der Waals surface area contributed by atoms with Crippen LogP contribution in [-0.4, -0.2) is 52.9 Å². The highest BCUT2D eigenvalue weighted by molar-refractivity contribution is 6.11. The molecule has 0 spiro atoms. The minimum atomic E-state index is -1.21. The summed E-state index contributed by atoms with van der Waals surface area (Å²) in [5, 5.41) is 0. The summed E-state index contributed by atoms with van der Waals surface area (Å²) in [7, 11) is 0. The fourth-order valence-electron chi connectivity index (χ4n) is 1.76. The zero-order chi connectivity index (χ0) is 14.7. The summed E-state index contributed by atoms with van der Waals surface area (Å²) in [6.07, 6.45) is 0.393. The van der Waals surface area contributed by atoms with Gasteiger partial charge < -0.3 is 9.69 Å². The van der Waals surface area contributed by atoms with Crippen LogP contribution in [0.25, 0.3) is 0 Å². The molecule has 0 radical (unpaired) electrons. The third-order valence-corrected chi connectivity index (χ3v) is 2.81. The number of nitrogens with zero attached hydrogens (tertiary/aromatic N) is 2. The van der Waals surface area contributed by atoms with Crippen molar-refractivity contribution in [2.45, 2.75) is 19.9 Å². The topological polar surface area (TPSA) is 74.8 Å². The molecule has 1 unspecified atom stereocenters. The van der Waals surface area contributed by atoms with Crippen LogP contribution in [0.4, 0.5) is 4.79 Å². The predicted molar refractivity (Wildman–Crippen MR) is 68.3 cm³/mol. The van der Waals surface area contributed by atoms with E-state index in [1.165, 1.54) is 13.8 Å². The average molecular weight is 264 g/mol. The summed E-state index contributed by atoms with van der Waals surface area (Å²) < 4.78 is 0. The normalized spacial score (nSPS) is 16.2. The van der Waals surface area contributed by atoms with Gasteiger partial charge in [0.05, 0.1) is 0 Å². The molecule has 0 N–H and O–H groups in total. The van der Waals surface area contributed by atoms with Crippen LogP contribution >= 0.6 is 0 Å². The van der Waals surface area contributed by atoms with Crippen LogP contribution in [0, 0.1) is 0 Å². The maximum Gasteiger partial charge on any atom is 0.328 e. The SMILES string of the molecule is C=C(C)C(=O)C(C=O)N1CCN(C(=O)C(=C)C)C1=O. The zero-order valence-corrected chi connectivity index (χ0v) is 11.0. The number of amides is 3. The summed E-state index contributed by atoms with van der Waals surface area (Å²) in [4.78, 5) is 48.6. The second kappa shape index (κ2) is 5.60. The molecule has 1 rings (SSSR count). The molecule has 0 aliphatic carbocycles. The van der Waals surface area contributed by atoms with Crippen molar-refractivity contribution in [2.24, 2.45) is 0 Å². The molecule has 3 amide bonds. The fourth-order valence-corrected chi connectivity index (χ4v) is 1.76. The molecule has 0 bridgehead atoms. The van der Waals surface area contributed by atoms with Crippen LogP contribution in [0.2, 0.25) is 0 Å². The van der Waals surface area contributed by atoms with E-state index in [1.54, 1.807) is 0 Å². The zero-order valence-electron chi connectivity index (χ0n) is 11.0. The second-order valence-corrected chi connectivity index (χ2v) is 4.44. The molecule has 1 saturated heterocycles. The first kappa shape index (κ1) is 14.8. The Labute approximate surface area is 111 Å². The molecule has 0 aromatic carbocycles. The highest BCUT2D eigenvalue weighted by Gasteiger charge is 2.39. The smallest absolute Gasteiger partial charge is 0.305 e. The molecular weight excluding hydrogens is 248 g/mol. The van der Waals surface area contributed by atoms with Crippen LogP contribution in [0.3, 0.4) is 0 Å². The van der Waals surface area contributed by atoms with Gasteiger partial charge in [-0.2, -0.15) is 0 Å². The number of imide groups is 1. The Hall–Kier alpha value is -2.24. The lowest BCUT2D eigenvalue weighted by Crippen LogP contribution is -2.46. The Morgan fingerprint density at radius 3 is 2.21 bits per heavy atom. The van der Waals surface area contributed by atoms with Gasteiger partial charge in [-0.3, -0.25) is 14.5 Å². The number of urea groups is 1. The number of hydrogen-bond donors (Lipinski definition) is 0. The van der Waals surface area contributed by atoms with E-state index in [4.69, 9.17) is 0 Å². The van der Waals surface area contributed by atoms with Crippen LogP contribution < -0.4 is 0 Å². The van der Waals surface area contributed by atoms with Crippen molar-refractivity contribution < 1.29 is 19.2 Å². The molecule has 19 heavy (non-hydrogen) atoms. The van der Waals surface area contributed by atoms with Gasteiger partial charge >= 0.3 is 6.03 Å². The van der Waals surface area contributed by atoms with E-state index in [9.17, 15) is 19.2 Å². The minimum Gasteiger partial charge on any atom is -0.305 e. The Morgan fingerprint density at radius 1 is 1.21 bits per heavy atom. The van der Waals surface area contributed by atoms with Gasteiger partial charge in [-0.25, -0.2) is 4.79 Å². The summed E-state index contributed by atoms with van der Waals surface area (Å²) in [6, 6.07) is -1.87. The van der Waals surface area contributed by atoms with Gasteiger partial charge in [0.2, 0.25) is 0 Å². The molecule has 0 aromatic heterocycles. The molecule has 1 aliphatic rings. The number of aldehydes is 1. The van der Waals surface area contributed by atoms with E-state index >= 15 is 0 Å². The molecule has 0 saturated carbocycles. The van der Waals surface area contributed by atoms with Crippen molar-refractivity contribution in [2.75, 3.05) is 13.1 Å². The maximum atomic E-state index is 12.0. The molecular formula is C13H16N2O4. The first-order valence-electron chi connectivity index (χ1n) is 5.74. The largest absolute Gasteiger partial charge is 0.328 e. The molecule has 1 aliphatic heterocycles. The van der Waals surface area contributed by atoms with Gasteiger partial charge in [0.1, 0.15) is 0 Å². The van der Waals surface area contributed by atoms with Gasteiger partial charge in [0.25, 0.3) is 5.91 Å². The summed E-state index contributed by atoms with van der Waals surface area (Å²) in [6.45, 7) is 10.2. The molecule has 6 nitrogen and oxygen atoms in total. The first-order valence-corrected chi connectivity index (χ1v) is 5.74. The van der Waals surface area contributed by atoms with Crippen molar-refractivity contribution in [3.63, 3.8) is 0 Å². The van der Waals surface area contributed by atoms with Crippen LogP contribution in [-0.2, 0) is 14.4 Å². The number of ketones is 1. The highest BCUT2D eigenvalue weighted by Crippen LogP contribution is 2.16. The minimum absolute atomic E-state index is 0.137. The lowest BCUT2D eigenvalue weighted by molar-refractivity contribution is -0.126. The molecule has 1 fully saturated rings. The molecule has 6 heteroatoms. The average Bonchev–Trinajstić information content (AvgIpc) is 2.71. The monoisotopic (exact) mass is 264 g/mol. The number of carbonyl (C=O) groups is 4. The van der Waals surface area contributed by atoms with Crippen molar-refractivity contribution in [3.05, 3.63) is 24.3 Å². The standard InChI is InChI=1S/C13H16N2O4/c1-8(2)11(17)10(7-16)14-5-6-15(13(14)19)12(18)9(3)4/h7,10H,1,3,5-6H2,2,4H3. The Balaban J connectivity index is 2.93. The highest BCUT2D eigenvalue weighted by atomic mass is 16.2. The van der Waals surface area contributed by atoms with Crippen LogP contribution in [0.15, 0.2) is 24.3 Å². The van der Waals surface area contributed by atoms with E-state index in [0.717, 1.165) is 9.80 Å². The molecule has 102 valence electrons. The van der Waals surface area contributed by atoms with Crippen LogP contribution in [0.1, 0.15) is 13.8 Å². The van der Waals surface area contributed by atoms with E-state index < -0.39 is 23.8 Å². The molecule has 0 aromatic rings. The third-order valence-electron chi connectivity index (χ3n) is 2.81. The van der Waals surface area contributed by atoms with E-state index in [-0.39, 0.29) is 24.2 Å². The van der Waals surface area contributed by atoms with Crippen molar-refractivity contribution in [1.29, 1.82) is 0 Å². The summed E-state index contributed by atoms with van der Waals surface area (Å²) in [5.74, 6) is -1.02. The number of rotatable bonds is 5. The Kier molecular flexibility index (Phi) is 4.37. The Bertz CT molecular complexity index is 481. The van der Waals surface area contributed by atoms with E-state index in [2.05, 4.69) is 13.2 Å². The molecule has 1 atom stereocenters.